The Morgan fingerprint density at radius 2 is 0.532 bits per heavy atom. The van der Waals surface area contributed by atoms with Gasteiger partial charge in [-0.2, -0.15) is 0 Å². The molecule has 0 fully saturated rings. The van der Waals surface area contributed by atoms with Crippen LogP contribution in [0.4, 0.5) is 0 Å². The minimum absolute atomic E-state index is 0.00835. The lowest BCUT2D eigenvalue weighted by molar-refractivity contribution is -0.143. The van der Waals surface area contributed by atoms with Gasteiger partial charge in [-0.3, -0.25) is 9.59 Å². The zero-order chi connectivity index (χ0) is 67.7. The molecular weight excluding hydrogens is 1150 g/mol. The van der Waals surface area contributed by atoms with Crippen LogP contribution in [0, 0.1) is 0 Å². The van der Waals surface area contributed by atoms with Crippen molar-refractivity contribution in [2.75, 3.05) is 13.2 Å². The van der Waals surface area contributed by atoms with Gasteiger partial charge in [0.05, 0.1) is 25.4 Å². The molecule has 0 aromatic carbocycles. The Morgan fingerprint density at radius 1 is 0.298 bits per heavy atom. The zero-order valence-electron chi connectivity index (χ0n) is 63.7. The molecule has 0 rings (SSSR count). The number of amides is 1. The van der Waals surface area contributed by atoms with Crippen LogP contribution in [-0.2, 0) is 14.3 Å². The molecule has 6 nitrogen and oxygen atoms in total. The summed E-state index contributed by atoms with van der Waals surface area (Å²) in [4.78, 5) is 24.7. The first kappa shape index (κ1) is 91.8. The molecule has 0 aliphatic carbocycles. The van der Waals surface area contributed by atoms with Crippen LogP contribution in [0.3, 0.4) is 0 Å². The van der Waals surface area contributed by atoms with Crippen molar-refractivity contribution >= 4 is 11.9 Å². The van der Waals surface area contributed by atoms with Gasteiger partial charge in [0.2, 0.25) is 5.91 Å². The van der Waals surface area contributed by atoms with Crippen molar-refractivity contribution < 1.29 is 24.5 Å². The third-order valence-corrected chi connectivity index (χ3v) is 20.1. The number of nitrogens with one attached hydrogen (secondary N) is 1. The SMILES string of the molecule is CCCCCC/C=C\C/C=C\CCCCCCCC(=O)OCCCCCCCCCCCCCCCCCC/C=C\CCCCCCCCCCCCCCCCCCCC(=O)NC(CO)C(O)/C=C/CCCCCCCCCCCCCCCCCCCCCCCC. The van der Waals surface area contributed by atoms with Crippen LogP contribution in [-0.4, -0.2) is 47.4 Å². The molecule has 2 unspecified atom stereocenters. The second-order valence-electron chi connectivity index (χ2n) is 29.5. The Bertz CT molecular complexity index is 1570. The lowest BCUT2D eigenvalue weighted by Gasteiger charge is -2.20. The van der Waals surface area contributed by atoms with E-state index in [-0.39, 0.29) is 18.5 Å². The number of aliphatic hydroxyl groups excluding tert-OH is 2. The largest absolute Gasteiger partial charge is 0.466 e. The number of hydrogen-bond donors (Lipinski definition) is 3. The van der Waals surface area contributed by atoms with Gasteiger partial charge in [-0.15, -0.1) is 0 Å². The molecule has 0 aliphatic rings. The Hall–Kier alpha value is -2.18. The number of ether oxygens (including phenoxy) is 1. The number of rotatable bonds is 81. The number of unbranched alkanes of at least 4 members (excludes halogenated alkanes) is 64. The van der Waals surface area contributed by atoms with Crippen LogP contribution in [0.15, 0.2) is 48.6 Å². The van der Waals surface area contributed by atoms with Crippen molar-refractivity contribution in [3.63, 3.8) is 0 Å². The van der Waals surface area contributed by atoms with E-state index in [0.717, 1.165) is 51.4 Å². The summed E-state index contributed by atoms with van der Waals surface area (Å²) < 4.78 is 5.50. The summed E-state index contributed by atoms with van der Waals surface area (Å²) in [7, 11) is 0. The molecule has 0 heterocycles. The maximum absolute atomic E-state index is 12.6. The second-order valence-corrected chi connectivity index (χ2v) is 29.5. The molecule has 6 heteroatoms. The number of hydrogen-bond acceptors (Lipinski definition) is 5. The fraction of sp³-hybridized carbons (Fsp3) is 0.886. The molecule has 2 atom stereocenters. The van der Waals surface area contributed by atoms with E-state index in [9.17, 15) is 19.8 Å². The van der Waals surface area contributed by atoms with Gasteiger partial charge >= 0.3 is 5.97 Å². The molecule has 1 amide bonds. The number of esters is 1. The molecule has 0 spiro atoms. The van der Waals surface area contributed by atoms with Crippen LogP contribution in [0.2, 0.25) is 0 Å². The summed E-state index contributed by atoms with van der Waals surface area (Å²) >= 11 is 0. The number of carbonyl (C=O) groups excluding carboxylic acids is 2. The fourth-order valence-electron chi connectivity index (χ4n) is 13.5. The normalized spacial score (nSPS) is 12.7. The summed E-state index contributed by atoms with van der Waals surface area (Å²) in [6.07, 6.45) is 111. The van der Waals surface area contributed by atoms with Crippen LogP contribution in [0.5, 0.6) is 0 Å². The molecule has 0 radical (unpaired) electrons. The molecule has 0 bridgehead atoms. The van der Waals surface area contributed by atoms with Gasteiger partial charge in [-0.05, 0) is 89.9 Å². The lowest BCUT2D eigenvalue weighted by atomic mass is 10.0. The molecule has 0 saturated carbocycles. The van der Waals surface area contributed by atoms with E-state index in [1.165, 1.54) is 398 Å². The summed E-state index contributed by atoms with van der Waals surface area (Å²) in [6, 6.07) is -0.627. The predicted molar refractivity (Wildman–Crippen MR) is 416 cm³/mol. The number of allylic oxidation sites excluding steroid dienone is 7. The first-order valence-electron chi connectivity index (χ1n) is 42.9. The van der Waals surface area contributed by atoms with E-state index in [1.54, 1.807) is 6.08 Å². The minimum Gasteiger partial charge on any atom is -0.466 e. The molecule has 94 heavy (non-hydrogen) atoms. The zero-order valence-corrected chi connectivity index (χ0v) is 63.7. The molecule has 3 N–H and O–H groups in total. The van der Waals surface area contributed by atoms with Crippen molar-refractivity contribution in [1.29, 1.82) is 0 Å². The number of carbonyl (C=O) groups is 2. The maximum atomic E-state index is 12.6. The first-order valence-corrected chi connectivity index (χ1v) is 42.9. The Kier molecular flexibility index (Phi) is 81.3. The highest BCUT2D eigenvalue weighted by molar-refractivity contribution is 5.76. The van der Waals surface area contributed by atoms with Crippen molar-refractivity contribution in [1.82, 2.24) is 5.32 Å². The average molecular weight is 1320 g/mol. The first-order chi connectivity index (χ1) is 46.5. The van der Waals surface area contributed by atoms with E-state index < -0.39 is 12.1 Å². The van der Waals surface area contributed by atoms with Gasteiger partial charge < -0.3 is 20.3 Å². The van der Waals surface area contributed by atoms with Crippen molar-refractivity contribution in [3.8, 4) is 0 Å². The highest BCUT2D eigenvalue weighted by Gasteiger charge is 2.18. The van der Waals surface area contributed by atoms with Gasteiger partial charge in [0.15, 0.2) is 0 Å². The van der Waals surface area contributed by atoms with Gasteiger partial charge in [0, 0.05) is 12.8 Å². The quantitative estimate of drug-likeness (QED) is 0.0320. The van der Waals surface area contributed by atoms with Gasteiger partial charge in [-0.25, -0.2) is 0 Å². The van der Waals surface area contributed by atoms with Crippen LogP contribution in [0.1, 0.15) is 476 Å². The van der Waals surface area contributed by atoms with Gasteiger partial charge in [-0.1, -0.05) is 422 Å². The van der Waals surface area contributed by atoms with Crippen molar-refractivity contribution in [3.05, 3.63) is 48.6 Å². The topological polar surface area (TPSA) is 95.9 Å². The molecule has 0 saturated heterocycles. The van der Waals surface area contributed by atoms with E-state index in [4.69, 9.17) is 4.74 Å². The van der Waals surface area contributed by atoms with E-state index in [2.05, 4.69) is 55.6 Å². The summed E-state index contributed by atoms with van der Waals surface area (Å²) in [5.74, 6) is -0.0505. The van der Waals surface area contributed by atoms with Crippen LogP contribution in [0.25, 0.3) is 0 Å². The van der Waals surface area contributed by atoms with E-state index in [1.807, 2.05) is 6.08 Å². The third kappa shape index (κ3) is 78.8. The standard InChI is InChI=1S/C88H167NO5/c1-3-5-7-9-11-13-15-17-19-21-22-23-24-40-43-46-49-52-56-60-64-68-72-76-80-86(91)85(84-90)89-87(92)81-77-73-69-65-61-57-53-50-47-44-41-38-36-34-32-30-28-26-25-27-29-31-33-35-37-39-42-45-48-51-55-59-63-67-71-75-79-83-94-88(93)82-78-74-70-66-62-58-54-20-18-16-14-12-10-8-6-4-2/h14,16,20,25,27,54,76,80,85-86,90-91H,3-13,15,17-19,21-24,26,28-53,55-75,77-79,81-84H2,1-2H3,(H,89,92)/b16-14-,27-25-,54-20-,80-76+. The van der Waals surface area contributed by atoms with Gasteiger partial charge in [0.25, 0.3) is 0 Å². The highest BCUT2D eigenvalue weighted by Crippen LogP contribution is 2.20. The molecule has 0 aliphatic heterocycles. The maximum Gasteiger partial charge on any atom is 0.305 e. The smallest absolute Gasteiger partial charge is 0.305 e. The monoisotopic (exact) mass is 1320 g/mol. The second kappa shape index (κ2) is 83.2. The van der Waals surface area contributed by atoms with Crippen LogP contribution >= 0.6 is 0 Å². The van der Waals surface area contributed by atoms with E-state index >= 15 is 0 Å². The predicted octanol–water partition coefficient (Wildman–Crippen LogP) is 28.7. The Balaban J connectivity index is 3.36. The third-order valence-electron chi connectivity index (χ3n) is 20.1. The summed E-state index contributed by atoms with van der Waals surface area (Å²) in [5, 5.41) is 23.3. The number of aliphatic hydroxyl groups is 2. The summed E-state index contributed by atoms with van der Waals surface area (Å²) in [6.45, 7) is 4.93. The Labute approximate surface area is 588 Å². The highest BCUT2D eigenvalue weighted by atomic mass is 16.5. The molecule has 0 aromatic rings. The Morgan fingerprint density at radius 3 is 0.830 bits per heavy atom. The van der Waals surface area contributed by atoms with E-state index in [0.29, 0.717) is 19.4 Å². The fourth-order valence-corrected chi connectivity index (χ4v) is 13.5. The molecule has 554 valence electrons. The van der Waals surface area contributed by atoms with Crippen molar-refractivity contribution in [2.45, 2.75) is 488 Å². The molecule has 0 aromatic heterocycles. The van der Waals surface area contributed by atoms with Gasteiger partial charge in [0.1, 0.15) is 0 Å². The lowest BCUT2D eigenvalue weighted by Crippen LogP contribution is -2.45. The molecular formula is C88H167NO5. The van der Waals surface area contributed by atoms with Crippen molar-refractivity contribution in [2.24, 2.45) is 0 Å². The minimum atomic E-state index is -0.844. The summed E-state index contributed by atoms with van der Waals surface area (Å²) in [5.41, 5.74) is 0. The average Bonchev–Trinajstić information content (AvgIpc) is 3.79. The van der Waals surface area contributed by atoms with Crippen LogP contribution < -0.4 is 5.32 Å².